The number of rotatable bonds is 9. The van der Waals surface area contributed by atoms with Crippen molar-refractivity contribution in [3.8, 4) is 5.75 Å². The first-order valence-corrected chi connectivity index (χ1v) is 9.06. The molecule has 0 atom stereocenters. The molecule has 2 aromatic carbocycles. The van der Waals surface area contributed by atoms with Gasteiger partial charge in [-0.25, -0.2) is 4.99 Å². The van der Waals surface area contributed by atoms with Gasteiger partial charge in [-0.3, -0.25) is 0 Å². The molecule has 0 saturated carbocycles. The molecule has 0 heterocycles. The van der Waals surface area contributed by atoms with Gasteiger partial charge in [-0.2, -0.15) is 0 Å². The fourth-order valence-corrected chi connectivity index (χ4v) is 2.40. The summed E-state index contributed by atoms with van der Waals surface area (Å²) in [4.78, 5) is 4.64. The summed E-state index contributed by atoms with van der Waals surface area (Å²) in [6.07, 6.45) is 0. The third-order valence-corrected chi connectivity index (χ3v) is 3.84. The molecule has 2 N–H and O–H groups in total. The fourth-order valence-electron chi connectivity index (χ4n) is 2.28. The van der Waals surface area contributed by atoms with E-state index in [9.17, 15) is 0 Å². The van der Waals surface area contributed by atoms with Crippen LogP contribution in [0.2, 0.25) is 5.02 Å². The van der Waals surface area contributed by atoms with Crippen molar-refractivity contribution in [2.45, 2.75) is 20.0 Å². The average Bonchev–Trinajstić information content (AvgIpc) is 2.66. The van der Waals surface area contributed by atoms with Crippen LogP contribution in [0.5, 0.6) is 5.75 Å². The quantitative estimate of drug-likeness (QED) is 0.399. The highest BCUT2D eigenvalue weighted by atomic mass is 35.5. The molecule has 0 radical (unpaired) electrons. The summed E-state index contributed by atoms with van der Waals surface area (Å²) in [6.45, 7) is 5.20. The van der Waals surface area contributed by atoms with Gasteiger partial charge >= 0.3 is 0 Å². The monoisotopic (exact) mass is 375 g/mol. The fraction of sp³-hybridized carbons (Fsp3) is 0.350. The molecule has 0 bridgehead atoms. The molecule has 0 aliphatic rings. The number of halogens is 1. The molecule has 0 aliphatic carbocycles. The minimum absolute atomic E-state index is 0.536. The summed E-state index contributed by atoms with van der Waals surface area (Å²) < 4.78 is 10.6. The maximum Gasteiger partial charge on any atom is 0.191 e. The van der Waals surface area contributed by atoms with Gasteiger partial charge in [0.05, 0.1) is 13.2 Å². The number of nitrogens with one attached hydrogen (secondary N) is 2. The van der Waals surface area contributed by atoms with Gasteiger partial charge in [0.15, 0.2) is 5.96 Å². The van der Waals surface area contributed by atoms with Crippen LogP contribution in [0, 0.1) is 0 Å². The van der Waals surface area contributed by atoms with Gasteiger partial charge in [0, 0.05) is 25.2 Å². The van der Waals surface area contributed by atoms with Crippen LogP contribution < -0.4 is 15.4 Å². The standard InChI is InChI=1S/C20H26ClN3O2/c1-3-22-20(23-14-16-7-9-18(21)10-8-16)24-15-17-5-4-6-19(13-17)26-12-11-25-2/h4-10,13H,3,11-12,14-15H2,1-2H3,(H2,22,23,24). The largest absolute Gasteiger partial charge is 0.491 e. The molecule has 26 heavy (non-hydrogen) atoms. The number of aliphatic imine (C=N–C) groups is 1. The summed E-state index contributed by atoms with van der Waals surface area (Å²) in [5.74, 6) is 1.60. The Hall–Kier alpha value is -2.24. The van der Waals surface area contributed by atoms with Crippen molar-refractivity contribution < 1.29 is 9.47 Å². The van der Waals surface area contributed by atoms with E-state index >= 15 is 0 Å². The first kappa shape index (κ1) is 20.1. The highest BCUT2D eigenvalue weighted by molar-refractivity contribution is 6.30. The van der Waals surface area contributed by atoms with Gasteiger partial charge in [0.1, 0.15) is 12.4 Å². The Morgan fingerprint density at radius 1 is 1.04 bits per heavy atom. The SMILES string of the molecule is CCNC(=NCc1cccc(OCCOC)c1)NCc1ccc(Cl)cc1. The number of methoxy groups -OCH3 is 1. The Bertz CT molecular complexity index is 690. The van der Waals surface area contributed by atoms with Crippen LogP contribution in [-0.4, -0.2) is 32.8 Å². The van der Waals surface area contributed by atoms with Crippen molar-refractivity contribution in [2.75, 3.05) is 26.9 Å². The summed E-state index contributed by atoms with van der Waals surface area (Å²) in [5, 5.41) is 7.33. The summed E-state index contributed by atoms with van der Waals surface area (Å²) in [5.41, 5.74) is 2.23. The second-order valence-electron chi connectivity index (χ2n) is 5.66. The lowest BCUT2D eigenvalue weighted by molar-refractivity contribution is 0.146. The number of guanidine groups is 1. The second-order valence-corrected chi connectivity index (χ2v) is 6.10. The van der Waals surface area contributed by atoms with Gasteiger partial charge in [-0.1, -0.05) is 35.9 Å². The van der Waals surface area contributed by atoms with E-state index in [0.717, 1.165) is 34.4 Å². The molecule has 0 fully saturated rings. The van der Waals surface area contributed by atoms with E-state index in [-0.39, 0.29) is 0 Å². The van der Waals surface area contributed by atoms with Crippen molar-refractivity contribution in [3.63, 3.8) is 0 Å². The maximum absolute atomic E-state index is 5.92. The topological polar surface area (TPSA) is 54.9 Å². The lowest BCUT2D eigenvalue weighted by Gasteiger charge is -2.12. The third-order valence-electron chi connectivity index (χ3n) is 3.59. The van der Waals surface area contributed by atoms with E-state index < -0.39 is 0 Å². The minimum atomic E-state index is 0.536. The summed E-state index contributed by atoms with van der Waals surface area (Å²) in [7, 11) is 1.66. The van der Waals surface area contributed by atoms with E-state index in [4.69, 9.17) is 21.1 Å². The molecular formula is C20H26ClN3O2. The van der Waals surface area contributed by atoms with Crippen LogP contribution >= 0.6 is 11.6 Å². The van der Waals surface area contributed by atoms with E-state index in [1.165, 1.54) is 0 Å². The first-order valence-electron chi connectivity index (χ1n) is 8.68. The molecule has 5 nitrogen and oxygen atoms in total. The van der Waals surface area contributed by atoms with Crippen molar-refractivity contribution in [2.24, 2.45) is 4.99 Å². The second kappa shape index (κ2) is 11.4. The van der Waals surface area contributed by atoms with Crippen LogP contribution in [-0.2, 0) is 17.8 Å². The third kappa shape index (κ3) is 7.33. The van der Waals surface area contributed by atoms with Crippen molar-refractivity contribution >= 4 is 17.6 Å². The van der Waals surface area contributed by atoms with Crippen molar-refractivity contribution in [1.82, 2.24) is 10.6 Å². The van der Waals surface area contributed by atoms with Crippen molar-refractivity contribution in [1.29, 1.82) is 0 Å². The normalized spacial score (nSPS) is 11.3. The van der Waals surface area contributed by atoms with E-state index in [1.54, 1.807) is 7.11 Å². The van der Waals surface area contributed by atoms with Gasteiger partial charge in [-0.15, -0.1) is 0 Å². The van der Waals surface area contributed by atoms with Gasteiger partial charge in [-0.05, 0) is 42.3 Å². The Balaban J connectivity index is 1.93. The van der Waals surface area contributed by atoms with Crippen LogP contribution in [0.25, 0.3) is 0 Å². The first-order chi connectivity index (χ1) is 12.7. The number of benzene rings is 2. The van der Waals surface area contributed by atoms with Gasteiger partial charge in [0.2, 0.25) is 0 Å². The molecule has 0 amide bonds. The molecule has 0 aliphatic heterocycles. The highest BCUT2D eigenvalue weighted by Gasteiger charge is 2.01. The Labute approximate surface area is 160 Å². The molecule has 0 aromatic heterocycles. The molecule has 6 heteroatoms. The molecule has 2 rings (SSSR count). The molecule has 0 saturated heterocycles. The zero-order valence-electron chi connectivity index (χ0n) is 15.3. The van der Waals surface area contributed by atoms with Crippen LogP contribution in [0.4, 0.5) is 0 Å². The molecular weight excluding hydrogens is 350 g/mol. The van der Waals surface area contributed by atoms with Crippen molar-refractivity contribution in [3.05, 3.63) is 64.7 Å². The number of nitrogens with zero attached hydrogens (tertiary/aromatic N) is 1. The predicted octanol–water partition coefficient (Wildman–Crippen LogP) is 3.62. The predicted molar refractivity (Wildman–Crippen MR) is 107 cm³/mol. The lowest BCUT2D eigenvalue weighted by Crippen LogP contribution is -2.36. The average molecular weight is 376 g/mol. The lowest BCUT2D eigenvalue weighted by atomic mass is 10.2. The van der Waals surface area contributed by atoms with E-state index in [2.05, 4.69) is 15.6 Å². The maximum atomic E-state index is 5.92. The molecule has 2 aromatic rings. The minimum Gasteiger partial charge on any atom is -0.491 e. The van der Waals surface area contributed by atoms with Crippen LogP contribution in [0.3, 0.4) is 0 Å². The van der Waals surface area contributed by atoms with E-state index in [1.807, 2.05) is 55.5 Å². The zero-order chi connectivity index (χ0) is 18.6. The smallest absolute Gasteiger partial charge is 0.191 e. The Kier molecular flexibility index (Phi) is 8.79. The van der Waals surface area contributed by atoms with Crippen LogP contribution in [0.1, 0.15) is 18.1 Å². The van der Waals surface area contributed by atoms with Gasteiger partial charge < -0.3 is 20.1 Å². The van der Waals surface area contributed by atoms with Crippen LogP contribution in [0.15, 0.2) is 53.5 Å². The number of ether oxygens (including phenoxy) is 2. The summed E-state index contributed by atoms with van der Waals surface area (Å²) in [6, 6.07) is 15.7. The summed E-state index contributed by atoms with van der Waals surface area (Å²) >= 11 is 5.92. The number of hydrogen-bond acceptors (Lipinski definition) is 3. The Morgan fingerprint density at radius 3 is 2.58 bits per heavy atom. The van der Waals surface area contributed by atoms with E-state index in [0.29, 0.717) is 26.3 Å². The number of hydrogen-bond donors (Lipinski definition) is 2. The van der Waals surface area contributed by atoms with Gasteiger partial charge in [0.25, 0.3) is 0 Å². The molecule has 0 spiro atoms. The molecule has 0 unspecified atom stereocenters. The Morgan fingerprint density at radius 2 is 1.85 bits per heavy atom. The molecule has 140 valence electrons. The highest BCUT2D eigenvalue weighted by Crippen LogP contribution is 2.14. The zero-order valence-corrected chi connectivity index (χ0v) is 16.1.